The Morgan fingerprint density at radius 3 is 2.64 bits per heavy atom. The molecule has 2 aromatic rings. The largest absolute Gasteiger partial charge is 0.354 e. The van der Waals surface area contributed by atoms with Crippen molar-refractivity contribution in [1.29, 1.82) is 0 Å². The van der Waals surface area contributed by atoms with Crippen molar-refractivity contribution in [2.45, 2.75) is 19.4 Å². The first kappa shape index (κ1) is 17.8. The maximum atomic E-state index is 12.9. The molecule has 1 aromatic heterocycles. The lowest BCUT2D eigenvalue weighted by Crippen LogP contribution is -2.54. The predicted octanol–water partition coefficient (Wildman–Crippen LogP) is 2.15. The molecule has 1 fully saturated rings. The average Bonchev–Trinajstić information content (AvgIpc) is 3.17. The van der Waals surface area contributed by atoms with E-state index < -0.39 is 0 Å². The molecule has 1 aromatic carbocycles. The molecule has 1 amide bonds. The Hall–Kier alpha value is -1.99. The van der Waals surface area contributed by atoms with Crippen molar-refractivity contribution in [1.82, 2.24) is 15.2 Å². The molecule has 1 aliphatic rings. The van der Waals surface area contributed by atoms with Crippen LogP contribution in [0.3, 0.4) is 0 Å². The van der Waals surface area contributed by atoms with Gasteiger partial charge in [-0.15, -0.1) is 11.3 Å². The van der Waals surface area contributed by atoms with Crippen molar-refractivity contribution >= 4 is 22.4 Å². The highest BCUT2D eigenvalue weighted by Crippen LogP contribution is 2.19. The summed E-state index contributed by atoms with van der Waals surface area (Å²) in [5.41, 5.74) is 1.02. The lowest BCUT2D eigenvalue weighted by atomic mass is 10.1. The number of aromatic nitrogens is 1. The van der Waals surface area contributed by atoms with E-state index in [9.17, 15) is 9.18 Å². The number of piperazine rings is 1. The van der Waals surface area contributed by atoms with Gasteiger partial charge in [0, 0.05) is 44.3 Å². The van der Waals surface area contributed by atoms with Gasteiger partial charge < -0.3 is 10.2 Å². The third-order valence-electron chi connectivity index (χ3n) is 4.56. The lowest BCUT2D eigenvalue weighted by molar-refractivity contribution is -0.125. The minimum absolute atomic E-state index is 0.0461. The molecule has 1 atom stereocenters. The van der Waals surface area contributed by atoms with Crippen molar-refractivity contribution in [2.75, 3.05) is 37.6 Å². The molecule has 0 bridgehead atoms. The van der Waals surface area contributed by atoms with Crippen LogP contribution in [0.1, 0.15) is 12.5 Å². The van der Waals surface area contributed by atoms with Crippen LogP contribution < -0.4 is 10.2 Å². The molecule has 0 radical (unpaired) electrons. The van der Waals surface area contributed by atoms with E-state index in [1.165, 1.54) is 12.1 Å². The summed E-state index contributed by atoms with van der Waals surface area (Å²) >= 11 is 1.65. The number of benzene rings is 1. The summed E-state index contributed by atoms with van der Waals surface area (Å²) in [6.45, 7) is 6.00. The SMILES string of the molecule is CC(C(=O)NCCc1ccc(F)cc1)N1CCN(c2nccs2)CC1. The smallest absolute Gasteiger partial charge is 0.237 e. The van der Waals surface area contributed by atoms with Crippen molar-refractivity contribution in [3.63, 3.8) is 0 Å². The van der Waals surface area contributed by atoms with Gasteiger partial charge in [0.15, 0.2) is 5.13 Å². The zero-order chi connectivity index (χ0) is 17.6. The monoisotopic (exact) mass is 362 g/mol. The quantitative estimate of drug-likeness (QED) is 0.855. The molecule has 5 nitrogen and oxygen atoms in total. The van der Waals surface area contributed by atoms with Crippen molar-refractivity contribution in [3.05, 3.63) is 47.2 Å². The number of carbonyl (C=O) groups is 1. The van der Waals surface area contributed by atoms with Gasteiger partial charge in [0.05, 0.1) is 6.04 Å². The number of thiazole rings is 1. The molecule has 3 rings (SSSR count). The van der Waals surface area contributed by atoms with Crippen LogP contribution in [-0.4, -0.2) is 54.6 Å². The Balaban J connectivity index is 1.41. The fourth-order valence-electron chi connectivity index (χ4n) is 2.97. The highest BCUT2D eigenvalue weighted by molar-refractivity contribution is 7.13. The number of nitrogens with zero attached hydrogens (tertiary/aromatic N) is 3. The number of hydrogen-bond donors (Lipinski definition) is 1. The third kappa shape index (κ3) is 4.76. The van der Waals surface area contributed by atoms with Gasteiger partial charge in [-0.2, -0.15) is 0 Å². The minimum atomic E-state index is -0.238. The van der Waals surface area contributed by atoms with Crippen molar-refractivity contribution in [2.24, 2.45) is 0 Å². The second-order valence-electron chi connectivity index (χ2n) is 6.18. The van der Waals surface area contributed by atoms with E-state index in [0.29, 0.717) is 13.0 Å². The number of rotatable bonds is 6. The lowest BCUT2D eigenvalue weighted by Gasteiger charge is -2.37. The molecule has 0 spiro atoms. The number of anilines is 1. The van der Waals surface area contributed by atoms with Gasteiger partial charge in [-0.05, 0) is 31.0 Å². The van der Waals surface area contributed by atoms with Crippen LogP contribution in [-0.2, 0) is 11.2 Å². The normalized spacial score (nSPS) is 16.6. The van der Waals surface area contributed by atoms with Crippen molar-refractivity contribution in [3.8, 4) is 0 Å². The van der Waals surface area contributed by atoms with Crippen LogP contribution in [0.15, 0.2) is 35.8 Å². The molecule has 7 heteroatoms. The number of amides is 1. The van der Waals surface area contributed by atoms with Crippen LogP contribution in [0.4, 0.5) is 9.52 Å². The molecule has 2 heterocycles. The topological polar surface area (TPSA) is 48.5 Å². The van der Waals surface area contributed by atoms with Gasteiger partial charge in [-0.3, -0.25) is 9.69 Å². The zero-order valence-corrected chi connectivity index (χ0v) is 15.1. The van der Waals surface area contributed by atoms with Crippen LogP contribution in [0.25, 0.3) is 0 Å². The summed E-state index contributed by atoms with van der Waals surface area (Å²) in [5, 5.41) is 6.02. The van der Waals surface area contributed by atoms with Crippen LogP contribution >= 0.6 is 11.3 Å². The van der Waals surface area contributed by atoms with Crippen molar-refractivity contribution < 1.29 is 9.18 Å². The zero-order valence-electron chi connectivity index (χ0n) is 14.3. The van der Waals surface area contributed by atoms with Gasteiger partial charge in [-0.25, -0.2) is 9.37 Å². The van der Waals surface area contributed by atoms with Crippen LogP contribution in [0.5, 0.6) is 0 Å². The highest BCUT2D eigenvalue weighted by Gasteiger charge is 2.26. The van der Waals surface area contributed by atoms with E-state index in [-0.39, 0.29) is 17.8 Å². The summed E-state index contributed by atoms with van der Waals surface area (Å²) in [7, 11) is 0. The van der Waals surface area contributed by atoms with E-state index in [2.05, 4.69) is 20.1 Å². The minimum Gasteiger partial charge on any atom is -0.354 e. The molecule has 1 unspecified atom stereocenters. The Labute approximate surface area is 151 Å². The fraction of sp³-hybridized carbons (Fsp3) is 0.444. The first-order valence-corrected chi connectivity index (χ1v) is 9.42. The summed E-state index contributed by atoms with van der Waals surface area (Å²) in [6.07, 6.45) is 2.53. The molecule has 1 saturated heterocycles. The van der Waals surface area contributed by atoms with Gasteiger partial charge >= 0.3 is 0 Å². The molecule has 1 N–H and O–H groups in total. The first-order chi connectivity index (χ1) is 12.1. The number of nitrogens with one attached hydrogen (secondary N) is 1. The average molecular weight is 362 g/mol. The Morgan fingerprint density at radius 1 is 1.28 bits per heavy atom. The maximum Gasteiger partial charge on any atom is 0.237 e. The molecule has 1 aliphatic heterocycles. The summed E-state index contributed by atoms with van der Waals surface area (Å²) in [6, 6.07) is 6.25. The summed E-state index contributed by atoms with van der Waals surface area (Å²) in [4.78, 5) is 21.2. The summed E-state index contributed by atoms with van der Waals surface area (Å²) < 4.78 is 12.9. The molecule has 0 saturated carbocycles. The van der Waals surface area contributed by atoms with E-state index in [1.807, 2.05) is 18.5 Å². The van der Waals surface area contributed by atoms with Crippen LogP contribution in [0.2, 0.25) is 0 Å². The third-order valence-corrected chi connectivity index (χ3v) is 5.39. The van der Waals surface area contributed by atoms with Gasteiger partial charge in [0.25, 0.3) is 0 Å². The van der Waals surface area contributed by atoms with Crippen LogP contribution in [0, 0.1) is 5.82 Å². The first-order valence-electron chi connectivity index (χ1n) is 8.54. The van der Waals surface area contributed by atoms with E-state index in [1.54, 1.807) is 23.5 Å². The number of hydrogen-bond acceptors (Lipinski definition) is 5. The molecular weight excluding hydrogens is 339 g/mol. The Bertz CT molecular complexity index is 669. The number of halogens is 1. The second-order valence-corrected chi connectivity index (χ2v) is 7.05. The van der Waals surface area contributed by atoms with E-state index in [4.69, 9.17) is 0 Å². The predicted molar refractivity (Wildman–Crippen MR) is 98.5 cm³/mol. The fourth-order valence-corrected chi connectivity index (χ4v) is 3.66. The number of carbonyl (C=O) groups excluding carboxylic acids is 1. The maximum absolute atomic E-state index is 12.9. The molecule has 0 aliphatic carbocycles. The van der Waals surface area contributed by atoms with Gasteiger partial charge in [0.1, 0.15) is 5.82 Å². The Kier molecular flexibility index (Phi) is 5.99. The molecular formula is C18H23FN4OS. The van der Waals surface area contributed by atoms with Gasteiger partial charge in [0.2, 0.25) is 5.91 Å². The molecule has 25 heavy (non-hydrogen) atoms. The molecule has 134 valence electrons. The second kappa shape index (κ2) is 8.40. The van der Waals surface area contributed by atoms with Gasteiger partial charge in [-0.1, -0.05) is 12.1 Å². The van der Waals surface area contributed by atoms with E-state index in [0.717, 1.165) is 36.9 Å². The Morgan fingerprint density at radius 2 is 2.00 bits per heavy atom. The van der Waals surface area contributed by atoms with E-state index >= 15 is 0 Å². The summed E-state index contributed by atoms with van der Waals surface area (Å²) in [5.74, 6) is -0.192. The highest BCUT2D eigenvalue weighted by atomic mass is 32.1. The standard InChI is InChI=1S/C18H23FN4OS/c1-14(17(24)20-7-6-15-2-4-16(19)5-3-15)22-9-11-23(12-10-22)18-21-8-13-25-18/h2-5,8,13-14H,6-7,9-12H2,1H3,(H,20,24).